The molecule has 0 aliphatic heterocycles. The van der Waals surface area contributed by atoms with Gasteiger partial charge in [-0.2, -0.15) is 0 Å². The van der Waals surface area contributed by atoms with Crippen molar-refractivity contribution in [3.63, 3.8) is 0 Å². The highest BCUT2D eigenvalue weighted by molar-refractivity contribution is 6.31. The molecule has 3 N–H and O–H groups in total. The highest BCUT2D eigenvalue weighted by Crippen LogP contribution is 2.31. The Hall–Kier alpha value is -1.62. The molecule has 112 valence electrons. The fourth-order valence-electron chi connectivity index (χ4n) is 2.15. The summed E-state index contributed by atoms with van der Waals surface area (Å²) >= 11 is 6.04. The van der Waals surface area contributed by atoms with Gasteiger partial charge in [0.1, 0.15) is 11.6 Å². The van der Waals surface area contributed by atoms with E-state index in [2.05, 4.69) is 5.43 Å². The van der Waals surface area contributed by atoms with Gasteiger partial charge < -0.3 is 4.74 Å². The Balaban J connectivity index is 2.39. The molecule has 2 aromatic carbocycles. The van der Waals surface area contributed by atoms with Gasteiger partial charge in [-0.3, -0.25) is 5.84 Å². The molecule has 0 saturated heterocycles. The number of nitrogens with two attached hydrogens (primary N) is 1. The zero-order valence-electron chi connectivity index (χ0n) is 11.9. The Labute approximate surface area is 128 Å². The predicted molar refractivity (Wildman–Crippen MR) is 82.8 cm³/mol. The fraction of sp³-hybridized carbons (Fsp3) is 0.250. The molecule has 0 saturated carbocycles. The van der Waals surface area contributed by atoms with E-state index < -0.39 is 11.9 Å². The molecule has 1 atom stereocenters. The summed E-state index contributed by atoms with van der Waals surface area (Å²) in [5.41, 5.74) is 4.11. The van der Waals surface area contributed by atoms with Crippen molar-refractivity contribution < 1.29 is 9.13 Å². The largest absolute Gasteiger partial charge is 0.491 e. The van der Waals surface area contributed by atoms with Crippen LogP contribution in [0, 0.1) is 5.82 Å². The first-order valence-corrected chi connectivity index (χ1v) is 7.07. The van der Waals surface area contributed by atoms with Gasteiger partial charge in [0.15, 0.2) is 0 Å². The molecule has 0 spiro atoms. The summed E-state index contributed by atoms with van der Waals surface area (Å²) in [5, 5.41) is 0.0654. The summed E-state index contributed by atoms with van der Waals surface area (Å²) in [6.07, 6.45) is 0.0716. The average molecular weight is 309 g/mol. The van der Waals surface area contributed by atoms with E-state index in [9.17, 15) is 4.39 Å². The van der Waals surface area contributed by atoms with E-state index in [1.807, 2.05) is 38.1 Å². The van der Waals surface area contributed by atoms with E-state index in [0.29, 0.717) is 5.56 Å². The minimum atomic E-state index is -0.469. The maximum absolute atomic E-state index is 13.6. The standard InChI is InChI=1S/C16H18ClFN2O/c1-10(2)21-12-6-3-5-11(9-12)16(20-19)13-7-4-8-14(18)15(13)17/h3-10,16,20H,19H2,1-2H3. The Morgan fingerprint density at radius 1 is 1.19 bits per heavy atom. The quantitative estimate of drug-likeness (QED) is 0.652. The van der Waals surface area contributed by atoms with E-state index in [0.717, 1.165) is 11.3 Å². The van der Waals surface area contributed by atoms with Crippen molar-refractivity contribution in [1.82, 2.24) is 5.43 Å². The first-order chi connectivity index (χ1) is 10.0. The van der Waals surface area contributed by atoms with Crippen LogP contribution in [0.1, 0.15) is 31.0 Å². The smallest absolute Gasteiger partial charge is 0.142 e. The van der Waals surface area contributed by atoms with Crippen LogP contribution in [0.2, 0.25) is 5.02 Å². The Morgan fingerprint density at radius 2 is 1.90 bits per heavy atom. The lowest BCUT2D eigenvalue weighted by atomic mass is 9.99. The lowest BCUT2D eigenvalue weighted by molar-refractivity contribution is 0.242. The summed E-state index contributed by atoms with van der Waals surface area (Å²) in [7, 11) is 0. The third-order valence-corrected chi connectivity index (χ3v) is 3.42. The van der Waals surface area contributed by atoms with Crippen LogP contribution in [-0.2, 0) is 0 Å². The molecule has 2 rings (SSSR count). The molecule has 2 aromatic rings. The molecule has 0 bridgehead atoms. The Morgan fingerprint density at radius 3 is 2.57 bits per heavy atom. The maximum Gasteiger partial charge on any atom is 0.142 e. The van der Waals surface area contributed by atoms with Crippen LogP contribution in [0.15, 0.2) is 42.5 Å². The number of hydrogen-bond donors (Lipinski definition) is 2. The van der Waals surface area contributed by atoms with Gasteiger partial charge in [0.05, 0.1) is 17.2 Å². The second-order valence-corrected chi connectivity index (χ2v) is 5.36. The average Bonchev–Trinajstić information content (AvgIpc) is 2.44. The van der Waals surface area contributed by atoms with Crippen LogP contribution < -0.4 is 16.0 Å². The van der Waals surface area contributed by atoms with E-state index in [1.165, 1.54) is 6.07 Å². The van der Waals surface area contributed by atoms with Gasteiger partial charge in [0.25, 0.3) is 0 Å². The van der Waals surface area contributed by atoms with Crippen molar-refractivity contribution in [2.24, 2.45) is 5.84 Å². The van der Waals surface area contributed by atoms with Gasteiger partial charge in [-0.05, 0) is 43.2 Å². The fourth-order valence-corrected chi connectivity index (χ4v) is 2.38. The van der Waals surface area contributed by atoms with Gasteiger partial charge in [0.2, 0.25) is 0 Å². The number of hydrogen-bond acceptors (Lipinski definition) is 3. The lowest BCUT2D eigenvalue weighted by Gasteiger charge is -2.19. The van der Waals surface area contributed by atoms with Crippen molar-refractivity contribution in [2.45, 2.75) is 26.0 Å². The molecule has 0 heterocycles. The highest BCUT2D eigenvalue weighted by Gasteiger charge is 2.18. The monoisotopic (exact) mass is 308 g/mol. The molecule has 1 unspecified atom stereocenters. The van der Waals surface area contributed by atoms with Crippen LogP contribution in [0.3, 0.4) is 0 Å². The highest BCUT2D eigenvalue weighted by atomic mass is 35.5. The van der Waals surface area contributed by atoms with Crippen molar-refractivity contribution in [1.29, 1.82) is 0 Å². The van der Waals surface area contributed by atoms with E-state index in [-0.39, 0.29) is 11.1 Å². The van der Waals surface area contributed by atoms with Gasteiger partial charge in [-0.15, -0.1) is 0 Å². The predicted octanol–water partition coefficient (Wildman–Crippen LogP) is 3.82. The van der Waals surface area contributed by atoms with Crippen LogP contribution >= 0.6 is 11.6 Å². The van der Waals surface area contributed by atoms with E-state index >= 15 is 0 Å². The Bertz CT molecular complexity index is 619. The van der Waals surface area contributed by atoms with Crippen molar-refractivity contribution in [3.05, 3.63) is 64.4 Å². The molecule has 21 heavy (non-hydrogen) atoms. The zero-order chi connectivity index (χ0) is 15.4. The number of rotatable bonds is 5. The van der Waals surface area contributed by atoms with E-state index in [4.69, 9.17) is 22.2 Å². The minimum absolute atomic E-state index is 0.0654. The molecule has 5 heteroatoms. The van der Waals surface area contributed by atoms with E-state index in [1.54, 1.807) is 12.1 Å². The van der Waals surface area contributed by atoms with Gasteiger partial charge in [0, 0.05) is 0 Å². The zero-order valence-corrected chi connectivity index (χ0v) is 12.7. The van der Waals surface area contributed by atoms with Crippen molar-refractivity contribution in [2.75, 3.05) is 0 Å². The second kappa shape index (κ2) is 6.89. The molecule has 0 fully saturated rings. The topological polar surface area (TPSA) is 47.3 Å². The number of nitrogens with one attached hydrogen (secondary N) is 1. The van der Waals surface area contributed by atoms with Crippen LogP contribution in [0.5, 0.6) is 5.75 Å². The van der Waals surface area contributed by atoms with Crippen molar-refractivity contribution in [3.8, 4) is 5.75 Å². The van der Waals surface area contributed by atoms with Crippen molar-refractivity contribution >= 4 is 11.6 Å². The second-order valence-electron chi connectivity index (χ2n) is 4.98. The first-order valence-electron chi connectivity index (χ1n) is 6.69. The molecule has 0 amide bonds. The number of ether oxygens (including phenoxy) is 1. The molecule has 0 aromatic heterocycles. The molecule has 0 aliphatic rings. The van der Waals surface area contributed by atoms with Crippen LogP contribution in [-0.4, -0.2) is 6.10 Å². The van der Waals surface area contributed by atoms with Gasteiger partial charge in [-0.25, -0.2) is 9.82 Å². The Kier molecular flexibility index (Phi) is 5.17. The molecule has 0 aliphatic carbocycles. The summed E-state index contributed by atoms with van der Waals surface area (Å²) in [6.45, 7) is 3.91. The number of halogens is 2. The summed E-state index contributed by atoms with van der Waals surface area (Å²) in [4.78, 5) is 0. The molecular formula is C16H18ClFN2O. The maximum atomic E-state index is 13.6. The first kappa shape index (κ1) is 15.8. The number of benzene rings is 2. The summed E-state index contributed by atoms with van der Waals surface area (Å²) in [5.74, 6) is 5.90. The SMILES string of the molecule is CC(C)Oc1cccc(C(NN)c2cccc(F)c2Cl)c1. The van der Waals surface area contributed by atoms with Gasteiger partial charge >= 0.3 is 0 Å². The molecule has 0 radical (unpaired) electrons. The summed E-state index contributed by atoms with van der Waals surface area (Å²) in [6, 6.07) is 11.7. The lowest BCUT2D eigenvalue weighted by Crippen LogP contribution is -2.29. The van der Waals surface area contributed by atoms with Gasteiger partial charge in [-0.1, -0.05) is 35.9 Å². The number of hydrazine groups is 1. The third-order valence-electron chi connectivity index (χ3n) is 3.02. The third kappa shape index (κ3) is 3.73. The normalized spacial score (nSPS) is 12.5. The molecular weight excluding hydrogens is 291 g/mol. The summed E-state index contributed by atoms with van der Waals surface area (Å²) < 4.78 is 19.3. The van der Waals surface area contributed by atoms with Crippen LogP contribution in [0.4, 0.5) is 4.39 Å². The molecule has 3 nitrogen and oxygen atoms in total. The minimum Gasteiger partial charge on any atom is -0.491 e. The van der Waals surface area contributed by atoms with Crippen LogP contribution in [0.25, 0.3) is 0 Å².